The number of methoxy groups -OCH3 is 1. The third-order valence-electron chi connectivity index (χ3n) is 5.54. The number of pyridine rings is 1. The molecule has 0 unspecified atom stereocenters. The Labute approximate surface area is 165 Å². The molecule has 0 bridgehead atoms. The number of terminal acetylenes is 1. The summed E-state index contributed by atoms with van der Waals surface area (Å²) >= 11 is 0. The molecule has 0 atom stereocenters. The van der Waals surface area contributed by atoms with Crippen LogP contribution < -0.4 is 4.74 Å². The van der Waals surface area contributed by atoms with Crippen LogP contribution in [0.4, 0.5) is 0 Å². The molecule has 5 nitrogen and oxygen atoms in total. The lowest BCUT2D eigenvalue weighted by Crippen LogP contribution is -2.03. The molecule has 0 saturated heterocycles. The summed E-state index contributed by atoms with van der Waals surface area (Å²) in [7, 11) is 3.72. The summed E-state index contributed by atoms with van der Waals surface area (Å²) in [6.45, 7) is 4.03. The van der Waals surface area contributed by atoms with Crippen molar-refractivity contribution in [2.45, 2.75) is 39.5 Å². The molecule has 0 aromatic carbocycles. The second-order valence-corrected chi connectivity index (χ2v) is 7.23. The standard InChI is InChI=1S/C23H24N4O/c1-6-17-12-18(28-5)19(15(3)26-17)22-21(16-10-8-7-9-11-16)20-14(2)24-13-25-23(20)27(22)4/h1,10,12-13H,7-9,11H2,2-5H3. The molecule has 0 saturated carbocycles. The summed E-state index contributed by atoms with van der Waals surface area (Å²) in [5, 5.41) is 1.11. The fraction of sp³-hybridized carbons (Fsp3) is 0.348. The van der Waals surface area contributed by atoms with E-state index in [-0.39, 0.29) is 0 Å². The highest BCUT2D eigenvalue weighted by Gasteiger charge is 2.26. The van der Waals surface area contributed by atoms with E-state index in [9.17, 15) is 0 Å². The van der Waals surface area contributed by atoms with E-state index >= 15 is 0 Å². The Balaban J connectivity index is 2.14. The Kier molecular flexibility index (Phi) is 4.64. The highest BCUT2D eigenvalue weighted by atomic mass is 16.5. The largest absolute Gasteiger partial charge is 0.496 e. The van der Waals surface area contributed by atoms with Gasteiger partial charge in [0.2, 0.25) is 0 Å². The zero-order valence-corrected chi connectivity index (χ0v) is 16.8. The Bertz CT molecular complexity index is 1150. The predicted molar refractivity (Wildman–Crippen MR) is 112 cm³/mol. The summed E-state index contributed by atoms with van der Waals surface area (Å²) in [6.07, 6.45) is 14.2. The van der Waals surface area contributed by atoms with Gasteiger partial charge >= 0.3 is 0 Å². The Morgan fingerprint density at radius 3 is 2.64 bits per heavy atom. The van der Waals surface area contributed by atoms with Crippen molar-refractivity contribution >= 4 is 16.6 Å². The normalized spacial score (nSPS) is 14.0. The van der Waals surface area contributed by atoms with Gasteiger partial charge in [-0.25, -0.2) is 15.0 Å². The molecule has 1 aliphatic carbocycles. The second kappa shape index (κ2) is 7.12. The van der Waals surface area contributed by atoms with E-state index in [2.05, 4.69) is 31.5 Å². The van der Waals surface area contributed by atoms with E-state index in [1.165, 1.54) is 24.0 Å². The fourth-order valence-electron chi connectivity index (χ4n) is 4.24. The summed E-state index contributed by atoms with van der Waals surface area (Å²) in [4.78, 5) is 13.7. The van der Waals surface area contributed by atoms with Gasteiger partial charge in [0, 0.05) is 24.1 Å². The van der Waals surface area contributed by atoms with Gasteiger partial charge in [0.1, 0.15) is 23.4 Å². The molecular formula is C23H24N4O. The first-order valence-corrected chi connectivity index (χ1v) is 9.58. The lowest BCUT2D eigenvalue weighted by Gasteiger charge is -2.18. The zero-order chi connectivity index (χ0) is 19.8. The minimum atomic E-state index is 0.575. The molecule has 3 aromatic heterocycles. The average molecular weight is 372 g/mol. The molecule has 3 heterocycles. The lowest BCUT2D eigenvalue weighted by molar-refractivity contribution is 0.415. The minimum absolute atomic E-state index is 0.575. The van der Waals surface area contributed by atoms with Crippen LogP contribution >= 0.6 is 0 Å². The predicted octanol–water partition coefficient (Wildman–Crippen LogP) is 4.59. The summed E-state index contributed by atoms with van der Waals surface area (Å²) in [5.41, 5.74) is 7.91. The molecule has 28 heavy (non-hydrogen) atoms. The van der Waals surface area contributed by atoms with Gasteiger partial charge in [-0.15, -0.1) is 6.42 Å². The number of hydrogen-bond acceptors (Lipinski definition) is 4. The Morgan fingerprint density at radius 2 is 1.96 bits per heavy atom. The van der Waals surface area contributed by atoms with Gasteiger partial charge in [0.05, 0.1) is 29.8 Å². The molecular weight excluding hydrogens is 348 g/mol. The van der Waals surface area contributed by atoms with Crippen molar-refractivity contribution in [2.75, 3.05) is 7.11 Å². The van der Waals surface area contributed by atoms with E-state index in [0.717, 1.165) is 52.3 Å². The van der Waals surface area contributed by atoms with E-state index < -0.39 is 0 Å². The molecule has 0 aliphatic heterocycles. The van der Waals surface area contributed by atoms with Crippen molar-refractivity contribution in [2.24, 2.45) is 7.05 Å². The zero-order valence-electron chi connectivity index (χ0n) is 16.8. The number of aryl methyl sites for hydroxylation is 3. The molecule has 0 radical (unpaired) electrons. The maximum atomic E-state index is 5.74. The van der Waals surface area contributed by atoms with Gasteiger partial charge in [-0.05, 0) is 45.1 Å². The molecule has 0 fully saturated rings. The van der Waals surface area contributed by atoms with Gasteiger partial charge in [0.15, 0.2) is 0 Å². The van der Waals surface area contributed by atoms with Crippen LogP contribution in [0.3, 0.4) is 0 Å². The quantitative estimate of drug-likeness (QED) is 0.631. The van der Waals surface area contributed by atoms with Crippen molar-refractivity contribution in [3.8, 4) is 29.4 Å². The maximum Gasteiger partial charge on any atom is 0.144 e. The van der Waals surface area contributed by atoms with E-state index in [4.69, 9.17) is 11.2 Å². The molecule has 0 amide bonds. The number of rotatable bonds is 3. The van der Waals surface area contributed by atoms with Gasteiger partial charge in [0.25, 0.3) is 0 Å². The molecule has 3 aromatic rings. The van der Waals surface area contributed by atoms with Crippen LogP contribution in [0.25, 0.3) is 27.9 Å². The van der Waals surface area contributed by atoms with Gasteiger partial charge in [-0.3, -0.25) is 0 Å². The average Bonchev–Trinajstić information content (AvgIpc) is 3.01. The van der Waals surface area contributed by atoms with Crippen LogP contribution in [-0.4, -0.2) is 26.6 Å². The van der Waals surface area contributed by atoms with E-state index in [0.29, 0.717) is 5.69 Å². The first kappa shape index (κ1) is 18.2. The van der Waals surface area contributed by atoms with Crippen molar-refractivity contribution in [3.05, 3.63) is 41.1 Å². The van der Waals surface area contributed by atoms with Gasteiger partial charge in [-0.2, -0.15) is 0 Å². The van der Waals surface area contributed by atoms with Crippen LogP contribution in [0.5, 0.6) is 5.75 Å². The Hall–Kier alpha value is -3.13. The highest BCUT2D eigenvalue weighted by Crippen LogP contribution is 2.44. The third-order valence-corrected chi connectivity index (χ3v) is 5.54. The van der Waals surface area contributed by atoms with Crippen LogP contribution in [0.15, 0.2) is 18.5 Å². The van der Waals surface area contributed by atoms with Crippen molar-refractivity contribution in [1.82, 2.24) is 19.5 Å². The first-order chi connectivity index (χ1) is 13.6. The van der Waals surface area contributed by atoms with Crippen LogP contribution in [0, 0.1) is 26.2 Å². The van der Waals surface area contributed by atoms with Crippen LogP contribution in [-0.2, 0) is 7.05 Å². The smallest absolute Gasteiger partial charge is 0.144 e. The minimum Gasteiger partial charge on any atom is -0.496 e. The second-order valence-electron chi connectivity index (χ2n) is 7.23. The first-order valence-electron chi connectivity index (χ1n) is 9.58. The van der Waals surface area contributed by atoms with Crippen LogP contribution in [0.2, 0.25) is 0 Å². The number of allylic oxidation sites excluding steroid dienone is 2. The number of fused-ring (bicyclic) bond motifs is 1. The third kappa shape index (κ3) is 2.77. The summed E-state index contributed by atoms with van der Waals surface area (Å²) < 4.78 is 7.88. The molecule has 0 spiro atoms. The maximum absolute atomic E-state index is 5.74. The van der Waals surface area contributed by atoms with Crippen molar-refractivity contribution in [3.63, 3.8) is 0 Å². The number of ether oxygens (including phenoxy) is 1. The number of nitrogens with zero attached hydrogens (tertiary/aromatic N) is 4. The van der Waals surface area contributed by atoms with Gasteiger partial charge in [-0.1, -0.05) is 12.0 Å². The van der Waals surface area contributed by atoms with E-state index in [1.807, 2.05) is 27.0 Å². The highest BCUT2D eigenvalue weighted by molar-refractivity contribution is 6.01. The lowest BCUT2D eigenvalue weighted by atomic mass is 9.89. The molecule has 142 valence electrons. The van der Waals surface area contributed by atoms with Gasteiger partial charge < -0.3 is 9.30 Å². The number of hydrogen-bond donors (Lipinski definition) is 0. The molecule has 0 N–H and O–H groups in total. The van der Waals surface area contributed by atoms with Crippen molar-refractivity contribution in [1.29, 1.82) is 0 Å². The molecule has 5 heteroatoms. The summed E-state index contributed by atoms with van der Waals surface area (Å²) in [6, 6.07) is 1.83. The Morgan fingerprint density at radius 1 is 1.14 bits per heavy atom. The SMILES string of the molecule is C#Cc1cc(OC)c(-c2c(C3=CCCCC3)c3c(C)ncnc3n2C)c(C)n1. The monoisotopic (exact) mass is 372 g/mol. The van der Waals surface area contributed by atoms with Crippen molar-refractivity contribution < 1.29 is 4.74 Å². The fourth-order valence-corrected chi connectivity index (χ4v) is 4.24. The molecule has 1 aliphatic rings. The van der Waals surface area contributed by atoms with Crippen LogP contribution in [0.1, 0.15) is 48.3 Å². The summed E-state index contributed by atoms with van der Waals surface area (Å²) in [5.74, 6) is 3.35. The van der Waals surface area contributed by atoms with E-state index in [1.54, 1.807) is 13.4 Å². The topological polar surface area (TPSA) is 52.8 Å². The molecule has 4 rings (SSSR count). The number of aromatic nitrogens is 4.